The van der Waals surface area contributed by atoms with E-state index in [0.29, 0.717) is 0 Å². The van der Waals surface area contributed by atoms with Crippen LogP contribution in [0.3, 0.4) is 0 Å². The summed E-state index contributed by atoms with van der Waals surface area (Å²) in [5.74, 6) is 0. The van der Waals surface area contributed by atoms with E-state index in [1.54, 1.807) is 19.1 Å². The van der Waals surface area contributed by atoms with Gasteiger partial charge in [0.2, 0.25) is 0 Å². The zero-order valence-corrected chi connectivity index (χ0v) is 4.39. The summed E-state index contributed by atoms with van der Waals surface area (Å²) in [7, 11) is 0. The summed E-state index contributed by atoms with van der Waals surface area (Å²) in [5.41, 5.74) is 11.0. The molecule has 0 aromatic heterocycles. The maximum absolute atomic E-state index is 5.23. The average Bonchev–Trinajstić information content (AvgIpc) is 1.61. The van der Waals surface area contributed by atoms with Crippen LogP contribution in [0.25, 0.3) is 0 Å². The molecule has 0 aromatic carbocycles. The third kappa shape index (κ3) is 5.08. The van der Waals surface area contributed by atoms with Crippen LogP contribution in [-0.2, 0) is 0 Å². The van der Waals surface area contributed by atoms with E-state index < -0.39 is 0 Å². The monoisotopic (exact) mass is 98.1 g/mol. The van der Waals surface area contributed by atoms with E-state index in [0.717, 1.165) is 5.70 Å². The second kappa shape index (κ2) is 3.28. The number of nitrogens with two attached hydrogens (primary N) is 2. The molecule has 0 rings (SSSR count). The molecule has 0 aliphatic rings. The lowest BCUT2D eigenvalue weighted by atomic mass is 10.4. The second-order valence-electron chi connectivity index (χ2n) is 1.30. The zero-order chi connectivity index (χ0) is 5.70. The van der Waals surface area contributed by atoms with Gasteiger partial charge in [0.1, 0.15) is 0 Å². The van der Waals surface area contributed by atoms with Gasteiger partial charge in [-0.1, -0.05) is 0 Å². The Hall–Kier alpha value is -0.920. The molecule has 2 heteroatoms. The van der Waals surface area contributed by atoms with Gasteiger partial charge < -0.3 is 11.5 Å². The van der Waals surface area contributed by atoms with Gasteiger partial charge >= 0.3 is 0 Å². The van der Waals surface area contributed by atoms with E-state index in [1.807, 2.05) is 0 Å². The predicted molar refractivity (Wildman–Crippen MR) is 31.3 cm³/mol. The Labute approximate surface area is 43.5 Å². The fourth-order valence-corrected chi connectivity index (χ4v) is 0.207. The lowest BCUT2D eigenvalue weighted by molar-refractivity contribution is 1.31. The van der Waals surface area contributed by atoms with Crippen molar-refractivity contribution in [1.82, 2.24) is 0 Å². The summed E-state index contributed by atoms with van der Waals surface area (Å²) >= 11 is 0. The number of hydrogen-bond donors (Lipinski definition) is 2. The van der Waals surface area contributed by atoms with E-state index >= 15 is 0 Å². The molecule has 0 radical (unpaired) electrons. The topological polar surface area (TPSA) is 52.0 Å². The second-order valence-corrected chi connectivity index (χ2v) is 1.30. The van der Waals surface area contributed by atoms with Crippen LogP contribution >= 0.6 is 0 Å². The first kappa shape index (κ1) is 6.08. The Morgan fingerprint density at radius 3 is 2.29 bits per heavy atom. The predicted octanol–water partition coefficient (Wildman–Crippen LogP) is 0.321. The van der Waals surface area contributed by atoms with Gasteiger partial charge in [0, 0.05) is 5.70 Å². The maximum atomic E-state index is 5.23. The van der Waals surface area contributed by atoms with Crippen molar-refractivity contribution in [1.29, 1.82) is 0 Å². The van der Waals surface area contributed by atoms with Crippen molar-refractivity contribution < 1.29 is 0 Å². The lowest BCUT2D eigenvalue weighted by Crippen LogP contribution is -1.88. The fraction of sp³-hybridized carbons (Fsp3) is 0.200. The molecular formula is C5H10N2. The molecule has 0 spiro atoms. The average molecular weight is 98.1 g/mol. The summed E-state index contributed by atoms with van der Waals surface area (Å²) in [4.78, 5) is 0. The third-order valence-electron chi connectivity index (χ3n) is 0.470. The highest BCUT2D eigenvalue weighted by Crippen LogP contribution is 1.77. The van der Waals surface area contributed by atoms with Gasteiger partial charge in [-0.15, -0.1) is 0 Å². The van der Waals surface area contributed by atoms with E-state index in [-0.39, 0.29) is 0 Å². The van der Waals surface area contributed by atoms with Gasteiger partial charge in [0.25, 0.3) is 0 Å². The van der Waals surface area contributed by atoms with E-state index in [1.165, 1.54) is 6.20 Å². The first-order valence-corrected chi connectivity index (χ1v) is 2.08. The third-order valence-corrected chi connectivity index (χ3v) is 0.470. The Morgan fingerprint density at radius 1 is 1.57 bits per heavy atom. The van der Waals surface area contributed by atoms with Gasteiger partial charge in [-0.2, -0.15) is 0 Å². The molecule has 0 unspecified atom stereocenters. The number of hydrogen-bond acceptors (Lipinski definition) is 2. The van der Waals surface area contributed by atoms with Crippen molar-refractivity contribution >= 4 is 0 Å². The molecule has 0 saturated carbocycles. The van der Waals surface area contributed by atoms with E-state index in [4.69, 9.17) is 11.5 Å². The molecule has 0 amide bonds. The Kier molecular flexibility index (Phi) is 2.85. The summed E-state index contributed by atoms with van der Waals surface area (Å²) in [6.07, 6.45) is 4.87. The molecule has 40 valence electrons. The van der Waals surface area contributed by atoms with Gasteiger partial charge in [0.15, 0.2) is 0 Å². The van der Waals surface area contributed by atoms with Crippen LogP contribution in [0.1, 0.15) is 6.92 Å². The Bertz CT molecular complexity index is 88.3. The molecule has 0 aromatic rings. The van der Waals surface area contributed by atoms with E-state index in [9.17, 15) is 0 Å². The van der Waals surface area contributed by atoms with Crippen LogP contribution in [0, 0.1) is 0 Å². The van der Waals surface area contributed by atoms with Gasteiger partial charge in [0.05, 0.1) is 0 Å². The molecule has 0 saturated heterocycles. The van der Waals surface area contributed by atoms with Gasteiger partial charge in [-0.05, 0) is 25.3 Å². The fourth-order valence-electron chi connectivity index (χ4n) is 0.207. The van der Waals surface area contributed by atoms with Crippen molar-refractivity contribution in [2.24, 2.45) is 11.5 Å². The highest BCUT2D eigenvalue weighted by Gasteiger charge is 1.65. The SMILES string of the molecule is C/C(N)=C/C=C\N. The van der Waals surface area contributed by atoms with Gasteiger partial charge in [-0.25, -0.2) is 0 Å². The lowest BCUT2D eigenvalue weighted by Gasteiger charge is -1.79. The first-order chi connectivity index (χ1) is 3.27. The highest BCUT2D eigenvalue weighted by atomic mass is 14.5. The molecule has 0 atom stereocenters. The molecule has 0 aliphatic carbocycles. The molecule has 4 N–H and O–H groups in total. The van der Waals surface area contributed by atoms with E-state index in [2.05, 4.69) is 0 Å². The van der Waals surface area contributed by atoms with Crippen LogP contribution in [0.15, 0.2) is 24.0 Å². The van der Waals surface area contributed by atoms with Crippen LogP contribution in [-0.4, -0.2) is 0 Å². The number of allylic oxidation sites excluding steroid dienone is 3. The summed E-state index contributed by atoms with van der Waals surface area (Å²) in [6.45, 7) is 1.81. The minimum Gasteiger partial charge on any atom is -0.405 e. The summed E-state index contributed by atoms with van der Waals surface area (Å²) < 4.78 is 0. The molecule has 2 nitrogen and oxygen atoms in total. The van der Waals surface area contributed by atoms with Crippen molar-refractivity contribution in [2.45, 2.75) is 6.92 Å². The largest absolute Gasteiger partial charge is 0.405 e. The quantitative estimate of drug-likeness (QED) is 0.464. The molecular weight excluding hydrogens is 88.1 g/mol. The van der Waals surface area contributed by atoms with Crippen LogP contribution in [0.2, 0.25) is 0 Å². The Morgan fingerprint density at radius 2 is 2.14 bits per heavy atom. The highest BCUT2D eigenvalue weighted by molar-refractivity contribution is 5.05. The zero-order valence-electron chi connectivity index (χ0n) is 4.39. The smallest absolute Gasteiger partial charge is 0.00494 e. The van der Waals surface area contributed by atoms with Gasteiger partial charge in [-0.3, -0.25) is 0 Å². The minimum atomic E-state index is 0.765. The van der Waals surface area contributed by atoms with Crippen LogP contribution < -0.4 is 11.5 Å². The normalized spacial score (nSPS) is 13.0. The number of rotatable bonds is 1. The Balaban J connectivity index is 3.46. The molecule has 0 aliphatic heterocycles. The van der Waals surface area contributed by atoms with Crippen LogP contribution in [0.5, 0.6) is 0 Å². The van der Waals surface area contributed by atoms with Crippen molar-refractivity contribution in [3.63, 3.8) is 0 Å². The molecule has 0 bridgehead atoms. The van der Waals surface area contributed by atoms with Crippen molar-refractivity contribution in [2.75, 3.05) is 0 Å². The van der Waals surface area contributed by atoms with Crippen molar-refractivity contribution in [3.05, 3.63) is 24.0 Å². The molecule has 0 fully saturated rings. The summed E-state index contributed by atoms with van der Waals surface area (Å²) in [6, 6.07) is 0. The molecule has 7 heavy (non-hydrogen) atoms. The summed E-state index contributed by atoms with van der Waals surface area (Å²) in [5, 5.41) is 0. The first-order valence-electron chi connectivity index (χ1n) is 2.08. The maximum Gasteiger partial charge on any atom is 0.00494 e. The van der Waals surface area contributed by atoms with Crippen LogP contribution in [0.4, 0.5) is 0 Å². The minimum absolute atomic E-state index is 0.765. The molecule has 0 heterocycles. The standard InChI is InChI=1S/C5H10N2/c1-5(7)3-2-4-6/h2-4H,6-7H2,1H3/b4-2-,5-3-. The van der Waals surface area contributed by atoms with Crippen molar-refractivity contribution in [3.8, 4) is 0 Å².